The third-order valence-electron chi connectivity index (χ3n) is 3.53. The highest BCUT2D eigenvalue weighted by molar-refractivity contribution is 5.84. The molecule has 0 bridgehead atoms. The van der Waals surface area contributed by atoms with Crippen molar-refractivity contribution in [3.8, 4) is 5.75 Å². The summed E-state index contributed by atoms with van der Waals surface area (Å²) >= 11 is 0. The Morgan fingerprint density at radius 1 is 1.40 bits per heavy atom. The molecular weight excluding hydrogens is 258 g/mol. The third-order valence-corrected chi connectivity index (χ3v) is 3.53. The second-order valence-corrected chi connectivity index (χ2v) is 4.95. The molecular formula is C15H19NO4. The molecule has 0 saturated carbocycles. The Morgan fingerprint density at radius 2 is 2.15 bits per heavy atom. The minimum absolute atomic E-state index is 0.150. The lowest BCUT2D eigenvalue weighted by atomic mass is 10.2. The summed E-state index contributed by atoms with van der Waals surface area (Å²) in [6.45, 7) is 2.74. The Bertz CT molecular complexity index is 500. The van der Waals surface area contributed by atoms with Gasteiger partial charge in [0.15, 0.2) is 0 Å². The van der Waals surface area contributed by atoms with Gasteiger partial charge in [-0.3, -0.25) is 4.79 Å². The number of carboxylic acid groups (broad SMARTS) is 1. The van der Waals surface area contributed by atoms with Crippen LogP contribution in [-0.2, 0) is 9.59 Å². The smallest absolute Gasteiger partial charge is 0.326 e. The number of amides is 1. The van der Waals surface area contributed by atoms with Gasteiger partial charge >= 0.3 is 5.97 Å². The van der Waals surface area contributed by atoms with E-state index in [-0.39, 0.29) is 18.9 Å². The molecule has 5 nitrogen and oxygen atoms in total. The molecule has 0 radical (unpaired) electrons. The summed E-state index contributed by atoms with van der Waals surface area (Å²) in [7, 11) is 0. The Hall–Kier alpha value is -2.04. The van der Waals surface area contributed by atoms with Crippen molar-refractivity contribution in [3.05, 3.63) is 29.8 Å². The van der Waals surface area contributed by atoms with Crippen LogP contribution in [0.25, 0.3) is 0 Å². The van der Waals surface area contributed by atoms with E-state index in [4.69, 9.17) is 9.84 Å². The molecule has 1 saturated heterocycles. The van der Waals surface area contributed by atoms with Gasteiger partial charge in [-0.1, -0.05) is 18.2 Å². The summed E-state index contributed by atoms with van der Waals surface area (Å²) in [5.74, 6) is -0.310. The van der Waals surface area contributed by atoms with Gasteiger partial charge in [-0.05, 0) is 31.4 Å². The average Bonchev–Trinajstić information content (AvgIpc) is 2.90. The highest BCUT2D eigenvalue weighted by Crippen LogP contribution is 2.19. The molecule has 0 unspecified atom stereocenters. The second-order valence-electron chi connectivity index (χ2n) is 4.95. The fourth-order valence-electron chi connectivity index (χ4n) is 2.43. The number of rotatable bonds is 5. The zero-order chi connectivity index (χ0) is 14.5. The number of aliphatic carboxylic acids is 1. The molecule has 1 N–H and O–H groups in total. The first-order valence-corrected chi connectivity index (χ1v) is 6.80. The van der Waals surface area contributed by atoms with Crippen LogP contribution < -0.4 is 4.74 Å². The minimum atomic E-state index is -0.921. The van der Waals surface area contributed by atoms with E-state index in [0.29, 0.717) is 13.0 Å². The maximum Gasteiger partial charge on any atom is 0.326 e. The number of carbonyl (C=O) groups is 2. The van der Waals surface area contributed by atoms with Crippen LogP contribution in [0.2, 0.25) is 0 Å². The minimum Gasteiger partial charge on any atom is -0.493 e. The van der Waals surface area contributed by atoms with Crippen LogP contribution >= 0.6 is 0 Å². The topological polar surface area (TPSA) is 66.8 Å². The van der Waals surface area contributed by atoms with E-state index in [1.54, 1.807) is 0 Å². The molecule has 1 aromatic rings. The molecule has 108 valence electrons. The fraction of sp³-hybridized carbons (Fsp3) is 0.467. The van der Waals surface area contributed by atoms with Crippen LogP contribution in [0.5, 0.6) is 5.75 Å². The van der Waals surface area contributed by atoms with E-state index in [2.05, 4.69) is 0 Å². The van der Waals surface area contributed by atoms with Gasteiger partial charge in [-0.25, -0.2) is 4.79 Å². The number of ether oxygens (including phenoxy) is 1. The van der Waals surface area contributed by atoms with Crippen molar-refractivity contribution in [2.75, 3.05) is 13.2 Å². The summed E-state index contributed by atoms with van der Waals surface area (Å²) in [6.07, 6.45) is 1.50. The van der Waals surface area contributed by atoms with E-state index >= 15 is 0 Å². The lowest BCUT2D eigenvalue weighted by Gasteiger charge is -2.21. The molecule has 1 fully saturated rings. The van der Waals surface area contributed by atoms with Crippen molar-refractivity contribution in [2.45, 2.75) is 32.2 Å². The summed E-state index contributed by atoms with van der Waals surface area (Å²) in [5, 5.41) is 9.05. The molecule has 2 rings (SSSR count). The standard InChI is InChI=1S/C15H19NO4/c1-11-5-2-3-7-13(11)20-10-8-14(17)16-9-4-6-12(16)15(18)19/h2-3,5,7,12H,4,6,8-10H2,1H3,(H,18,19)/t12-/m0/s1. The lowest BCUT2D eigenvalue weighted by molar-refractivity contribution is -0.148. The van der Waals surface area contributed by atoms with Crippen molar-refractivity contribution in [1.29, 1.82) is 0 Å². The van der Waals surface area contributed by atoms with E-state index < -0.39 is 12.0 Å². The number of hydrogen-bond acceptors (Lipinski definition) is 3. The Morgan fingerprint density at radius 3 is 2.85 bits per heavy atom. The van der Waals surface area contributed by atoms with Gasteiger partial charge in [0.2, 0.25) is 5.91 Å². The van der Waals surface area contributed by atoms with Gasteiger partial charge in [-0.15, -0.1) is 0 Å². The van der Waals surface area contributed by atoms with Crippen LogP contribution in [0, 0.1) is 6.92 Å². The number of carboxylic acids is 1. The maximum absolute atomic E-state index is 12.0. The van der Waals surface area contributed by atoms with E-state index in [1.807, 2.05) is 31.2 Å². The number of nitrogens with zero attached hydrogens (tertiary/aromatic N) is 1. The lowest BCUT2D eigenvalue weighted by Crippen LogP contribution is -2.40. The van der Waals surface area contributed by atoms with Gasteiger partial charge in [-0.2, -0.15) is 0 Å². The normalized spacial score (nSPS) is 18.1. The maximum atomic E-state index is 12.0. The number of carbonyl (C=O) groups excluding carboxylic acids is 1. The highest BCUT2D eigenvalue weighted by Gasteiger charge is 2.33. The number of aryl methyl sites for hydroxylation is 1. The molecule has 0 aliphatic carbocycles. The van der Waals surface area contributed by atoms with Crippen molar-refractivity contribution in [3.63, 3.8) is 0 Å². The molecule has 0 spiro atoms. The molecule has 1 aromatic carbocycles. The van der Waals surface area contributed by atoms with Gasteiger partial charge in [0, 0.05) is 6.54 Å². The van der Waals surface area contributed by atoms with Crippen LogP contribution in [-0.4, -0.2) is 41.1 Å². The Labute approximate surface area is 118 Å². The Balaban J connectivity index is 1.84. The molecule has 1 heterocycles. The van der Waals surface area contributed by atoms with Crippen LogP contribution in [0.15, 0.2) is 24.3 Å². The number of para-hydroxylation sites is 1. The monoisotopic (exact) mass is 277 g/mol. The van der Waals surface area contributed by atoms with Crippen LogP contribution in [0.3, 0.4) is 0 Å². The Kier molecular flexibility index (Phi) is 4.61. The zero-order valence-corrected chi connectivity index (χ0v) is 11.5. The SMILES string of the molecule is Cc1ccccc1OCCC(=O)N1CCC[C@H]1C(=O)O. The molecule has 1 amide bonds. The van der Waals surface area contributed by atoms with E-state index in [1.165, 1.54) is 4.90 Å². The summed E-state index contributed by atoms with van der Waals surface area (Å²) in [5.41, 5.74) is 1.02. The predicted octanol–water partition coefficient (Wildman–Crippen LogP) is 1.84. The quantitative estimate of drug-likeness (QED) is 0.891. The van der Waals surface area contributed by atoms with Crippen LogP contribution in [0.1, 0.15) is 24.8 Å². The van der Waals surface area contributed by atoms with E-state index in [0.717, 1.165) is 17.7 Å². The third kappa shape index (κ3) is 3.29. The second kappa shape index (κ2) is 6.41. The highest BCUT2D eigenvalue weighted by atomic mass is 16.5. The van der Waals surface area contributed by atoms with Gasteiger partial charge < -0.3 is 14.7 Å². The first kappa shape index (κ1) is 14.4. The molecule has 1 aliphatic heterocycles. The summed E-state index contributed by atoms with van der Waals surface area (Å²) in [4.78, 5) is 24.5. The number of hydrogen-bond donors (Lipinski definition) is 1. The first-order chi connectivity index (χ1) is 9.59. The molecule has 0 aromatic heterocycles. The summed E-state index contributed by atoms with van der Waals surface area (Å²) < 4.78 is 5.57. The van der Waals surface area contributed by atoms with Crippen molar-refractivity contribution >= 4 is 11.9 Å². The van der Waals surface area contributed by atoms with Gasteiger partial charge in [0.1, 0.15) is 11.8 Å². The van der Waals surface area contributed by atoms with Crippen molar-refractivity contribution in [2.24, 2.45) is 0 Å². The number of likely N-dealkylation sites (tertiary alicyclic amines) is 1. The van der Waals surface area contributed by atoms with Gasteiger partial charge in [0.05, 0.1) is 13.0 Å². The molecule has 1 atom stereocenters. The molecule has 20 heavy (non-hydrogen) atoms. The zero-order valence-electron chi connectivity index (χ0n) is 11.5. The largest absolute Gasteiger partial charge is 0.493 e. The molecule has 5 heteroatoms. The van der Waals surface area contributed by atoms with Gasteiger partial charge in [0.25, 0.3) is 0 Å². The molecule has 1 aliphatic rings. The van der Waals surface area contributed by atoms with Crippen molar-refractivity contribution < 1.29 is 19.4 Å². The first-order valence-electron chi connectivity index (χ1n) is 6.80. The van der Waals surface area contributed by atoms with E-state index in [9.17, 15) is 9.59 Å². The predicted molar refractivity (Wildman–Crippen MR) is 73.7 cm³/mol. The van der Waals surface area contributed by atoms with Crippen molar-refractivity contribution in [1.82, 2.24) is 4.90 Å². The fourth-order valence-corrected chi connectivity index (χ4v) is 2.43. The number of benzene rings is 1. The average molecular weight is 277 g/mol. The summed E-state index contributed by atoms with van der Waals surface area (Å²) in [6, 6.07) is 6.94. The van der Waals surface area contributed by atoms with Crippen LogP contribution in [0.4, 0.5) is 0 Å².